The molecule has 1 fully saturated rings. The van der Waals surface area contributed by atoms with Crippen LogP contribution in [0, 0.1) is 10.8 Å². The Morgan fingerprint density at radius 1 is 1.47 bits per heavy atom. The van der Waals surface area contributed by atoms with Gasteiger partial charge < -0.3 is 10.6 Å². The van der Waals surface area contributed by atoms with E-state index in [0.717, 1.165) is 32.4 Å². The summed E-state index contributed by atoms with van der Waals surface area (Å²) in [7, 11) is 0. The minimum Gasteiger partial charge on any atom is -0.354 e. The number of carbonyl (C=O) groups is 1. The fourth-order valence-corrected chi connectivity index (χ4v) is 2.21. The van der Waals surface area contributed by atoms with Crippen LogP contribution in [0.15, 0.2) is 0 Å². The molecule has 0 spiro atoms. The molecule has 3 heteroatoms. The van der Waals surface area contributed by atoms with E-state index in [2.05, 4.69) is 45.3 Å². The second-order valence-corrected chi connectivity index (χ2v) is 6.71. The molecule has 1 heterocycles. The summed E-state index contributed by atoms with van der Waals surface area (Å²) >= 11 is 0. The predicted molar refractivity (Wildman–Crippen MR) is 71.9 cm³/mol. The zero-order valence-corrected chi connectivity index (χ0v) is 12.0. The number of piperidine rings is 1. The zero-order valence-electron chi connectivity index (χ0n) is 12.0. The van der Waals surface area contributed by atoms with Crippen LogP contribution in [0.5, 0.6) is 0 Å². The summed E-state index contributed by atoms with van der Waals surface area (Å²) < 4.78 is 0. The van der Waals surface area contributed by atoms with E-state index in [1.54, 1.807) is 0 Å². The lowest BCUT2D eigenvalue weighted by atomic mass is 9.77. The summed E-state index contributed by atoms with van der Waals surface area (Å²) in [6.07, 6.45) is 3.36. The second-order valence-electron chi connectivity index (χ2n) is 6.71. The summed E-state index contributed by atoms with van der Waals surface area (Å²) in [4.78, 5) is 12.2. The predicted octanol–water partition coefficient (Wildman–Crippen LogP) is 2.32. The topological polar surface area (TPSA) is 41.1 Å². The number of amides is 1. The van der Waals surface area contributed by atoms with E-state index in [4.69, 9.17) is 0 Å². The Morgan fingerprint density at radius 3 is 2.65 bits per heavy atom. The van der Waals surface area contributed by atoms with Gasteiger partial charge in [-0.3, -0.25) is 4.79 Å². The molecule has 0 aromatic carbocycles. The van der Waals surface area contributed by atoms with Crippen molar-refractivity contribution >= 4 is 5.91 Å². The number of hydrogen-bond donors (Lipinski definition) is 2. The van der Waals surface area contributed by atoms with Gasteiger partial charge in [-0.25, -0.2) is 0 Å². The first-order valence-electron chi connectivity index (χ1n) is 6.80. The van der Waals surface area contributed by atoms with E-state index >= 15 is 0 Å². The van der Waals surface area contributed by atoms with Crippen molar-refractivity contribution in [1.29, 1.82) is 0 Å². The van der Waals surface area contributed by atoms with Gasteiger partial charge >= 0.3 is 0 Å². The Balaban J connectivity index is 2.52. The van der Waals surface area contributed by atoms with Crippen molar-refractivity contribution in [2.45, 2.75) is 59.9 Å². The van der Waals surface area contributed by atoms with Crippen LogP contribution in [-0.4, -0.2) is 25.0 Å². The molecule has 1 amide bonds. The van der Waals surface area contributed by atoms with Gasteiger partial charge in [-0.05, 0) is 36.6 Å². The molecule has 0 aromatic heterocycles. The summed E-state index contributed by atoms with van der Waals surface area (Å²) in [6.45, 7) is 12.6. The molecular formula is C14H28N2O. The standard InChI is InChI=1S/C14H28N2O/c1-6-13(2,3)10-16-12(17)11-14(4,5)8-7-9-15-11/h11,15H,6-10H2,1-5H3,(H,16,17). The Hall–Kier alpha value is -0.570. The normalized spacial score (nSPS) is 24.4. The smallest absolute Gasteiger partial charge is 0.237 e. The maximum Gasteiger partial charge on any atom is 0.237 e. The third kappa shape index (κ3) is 3.98. The number of nitrogens with one attached hydrogen (secondary N) is 2. The molecule has 17 heavy (non-hydrogen) atoms. The third-order valence-corrected chi connectivity index (χ3v) is 4.09. The molecule has 1 unspecified atom stereocenters. The fraction of sp³-hybridized carbons (Fsp3) is 0.929. The monoisotopic (exact) mass is 240 g/mol. The lowest BCUT2D eigenvalue weighted by Gasteiger charge is -2.38. The van der Waals surface area contributed by atoms with Gasteiger partial charge in [-0.15, -0.1) is 0 Å². The average molecular weight is 240 g/mol. The fourth-order valence-electron chi connectivity index (χ4n) is 2.21. The van der Waals surface area contributed by atoms with Crippen molar-refractivity contribution < 1.29 is 4.79 Å². The van der Waals surface area contributed by atoms with Gasteiger partial charge in [0, 0.05) is 6.54 Å². The minimum atomic E-state index is -0.0380. The van der Waals surface area contributed by atoms with Gasteiger partial charge in [0.2, 0.25) is 5.91 Å². The van der Waals surface area contributed by atoms with E-state index in [9.17, 15) is 4.79 Å². The molecule has 0 radical (unpaired) electrons. The molecule has 0 bridgehead atoms. The molecule has 0 aromatic rings. The van der Waals surface area contributed by atoms with Crippen LogP contribution in [0.25, 0.3) is 0 Å². The summed E-state index contributed by atoms with van der Waals surface area (Å²) in [5.74, 6) is 0.163. The average Bonchev–Trinajstić information content (AvgIpc) is 2.25. The molecule has 1 aliphatic rings. The van der Waals surface area contributed by atoms with Gasteiger partial charge in [0.25, 0.3) is 0 Å². The summed E-state index contributed by atoms with van der Waals surface area (Å²) in [5.41, 5.74) is 0.257. The lowest BCUT2D eigenvalue weighted by Crippen LogP contribution is -2.56. The Labute approximate surface area is 106 Å². The highest BCUT2D eigenvalue weighted by Gasteiger charge is 2.37. The minimum absolute atomic E-state index is 0.0380. The van der Waals surface area contributed by atoms with E-state index < -0.39 is 0 Å². The number of hydrogen-bond acceptors (Lipinski definition) is 2. The molecule has 1 rings (SSSR count). The maximum absolute atomic E-state index is 12.2. The Bertz CT molecular complexity index is 271. The maximum atomic E-state index is 12.2. The third-order valence-electron chi connectivity index (χ3n) is 4.09. The van der Waals surface area contributed by atoms with Gasteiger partial charge in [-0.2, -0.15) is 0 Å². The molecular weight excluding hydrogens is 212 g/mol. The van der Waals surface area contributed by atoms with Crippen molar-refractivity contribution in [2.24, 2.45) is 10.8 Å². The van der Waals surface area contributed by atoms with Crippen molar-refractivity contribution in [2.75, 3.05) is 13.1 Å². The molecule has 100 valence electrons. The molecule has 1 aliphatic heterocycles. The SMILES string of the molecule is CCC(C)(C)CNC(=O)C1NCCCC1(C)C. The van der Waals surface area contributed by atoms with Crippen molar-refractivity contribution in [3.05, 3.63) is 0 Å². The Kier molecular flexibility index (Phi) is 4.59. The summed E-state index contributed by atoms with van der Waals surface area (Å²) in [6, 6.07) is -0.0380. The van der Waals surface area contributed by atoms with Crippen LogP contribution in [0.2, 0.25) is 0 Å². The van der Waals surface area contributed by atoms with E-state index in [1.807, 2.05) is 0 Å². The van der Waals surface area contributed by atoms with Gasteiger partial charge in [0.15, 0.2) is 0 Å². The van der Waals surface area contributed by atoms with Crippen LogP contribution in [0.4, 0.5) is 0 Å². The van der Waals surface area contributed by atoms with Gasteiger partial charge in [0.05, 0.1) is 6.04 Å². The highest BCUT2D eigenvalue weighted by atomic mass is 16.2. The summed E-state index contributed by atoms with van der Waals surface area (Å²) in [5, 5.41) is 6.45. The molecule has 3 nitrogen and oxygen atoms in total. The first-order valence-corrected chi connectivity index (χ1v) is 6.80. The quantitative estimate of drug-likeness (QED) is 0.792. The highest BCUT2D eigenvalue weighted by molar-refractivity contribution is 5.82. The van der Waals surface area contributed by atoms with E-state index in [0.29, 0.717) is 0 Å². The first-order chi connectivity index (χ1) is 7.78. The highest BCUT2D eigenvalue weighted by Crippen LogP contribution is 2.30. The first kappa shape index (κ1) is 14.5. The van der Waals surface area contributed by atoms with Gasteiger partial charge in [0.1, 0.15) is 0 Å². The molecule has 0 aliphatic carbocycles. The zero-order chi connectivity index (χ0) is 13.1. The molecule has 1 saturated heterocycles. The van der Waals surface area contributed by atoms with Crippen LogP contribution in [0.3, 0.4) is 0 Å². The van der Waals surface area contributed by atoms with Crippen LogP contribution >= 0.6 is 0 Å². The molecule has 0 saturated carbocycles. The van der Waals surface area contributed by atoms with E-state index in [-0.39, 0.29) is 22.8 Å². The number of carbonyl (C=O) groups excluding carboxylic acids is 1. The lowest BCUT2D eigenvalue weighted by molar-refractivity contribution is -0.127. The van der Waals surface area contributed by atoms with Crippen LogP contribution < -0.4 is 10.6 Å². The van der Waals surface area contributed by atoms with Crippen molar-refractivity contribution in [1.82, 2.24) is 10.6 Å². The largest absolute Gasteiger partial charge is 0.354 e. The van der Waals surface area contributed by atoms with Crippen LogP contribution in [-0.2, 0) is 4.79 Å². The molecule has 2 N–H and O–H groups in total. The van der Waals surface area contributed by atoms with Gasteiger partial charge in [-0.1, -0.05) is 34.6 Å². The Morgan fingerprint density at radius 2 is 2.12 bits per heavy atom. The number of rotatable bonds is 4. The molecule has 1 atom stereocenters. The van der Waals surface area contributed by atoms with E-state index in [1.165, 1.54) is 0 Å². The van der Waals surface area contributed by atoms with Crippen molar-refractivity contribution in [3.8, 4) is 0 Å². The second kappa shape index (κ2) is 5.38. The van der Waals surface area contributed by atoms with Crippen LogP contribution in [0.1, 0.15) is 53.9 Å². The van der Waals surface area contributed by atoms with Crippen molar-refractivity contribution in [3.63, 3.8) is 0 Å².